The standard InChI is InChI=1S/C17H15NO3/c1-20-15-9-12-8-14(11-6-4-3-5-7-11)18-17(19)13(12)10-16(15)21-2/h3-10H,1-2H3,(H,18,19). The molecule has 0 aliphatic rings. The van der Waals surface area contributed by atoms with E-state index in [1.165, 1.54) is 0 Å². The number of nitrogens with one attached hydrogen (secondary N) is 1. The molecule has 3 aromatic rings. The third-order valence-corrected chi connectivity index (χ3v) is 3.43. The number of ether oxygens (including phenoxy) is 2. The van der Waals surface area contributed by atoms with Crippen molar-refractivity contribution in [3.63, 3.8) is 0 Å². The van der Waals surface area contributed by atoms with Crippen molar-refractivity contribution in [1.29, 1.82) is 0 Å². The number of aromatic amines is 1. The lowest BCUT2D eigenvalue weighted by Gasteiger charge is -2.10. The number of aromatic nitrogens is 1. The molecule has 2 aromatic carbocycles. The molecule has 0 saturated heterocycles. The fourth-order valence-corrected chi connectivity index (χ4v) is 2.37. The number of rotatable bonds is 3. The molecular formula is C17H15NO3. The topological polar surface area (TPSA) is 51.3 Å². The summed E-state index contributed by atoms with van der Waals surface area (Å²) < 4.78 is 10.5. The Bertz CT molecular complexity index is 838. The molecule has 1 heterocycles. The summed E-state index contributed by atoms with van der Waals surface area (Å²) in [6.45, 7) is 0. The number of hydrogen-bond acceptors (Lipinski definition) is 3. The number of H-pyrrole nitrogens is 1. The predicted octanol–water partition coefficient (Wildman–Crippen LogP) is 3.21. The third-order valence-electron chi connectivity index (χ3n) is 3.43. The van der Waals surface area contributed by atoms with E-state index in [0.717, 1.165) is 16.6 Å². The molecule has 0 radical (unpaired) electrons. The van der Waals surface area contributed by atoms with Gasteiger partial charge in [-0.1, -0.05) is 30.3 Å². The molecule has 1 aromatic heterocycles. The Morgan fingerprint density at radius 1 is 0.905 bits per heavy atom. The van der Waals surface area contributed by atoms with E-state index in [1.807, 2.05) is 42.5 Å². The minimum atomic E-state index is -0.146. The van der Waals surface area contributed by atoms with Gasteiger partial charge in [0.05, 0.1) is 19.6 Å². The van der Waals surface area contributed by atoms with E-state index in [0.29, 0.717) is 16.9 Å². The van der Waals surface area contributed by atoms with Gasteiger partial charge < -0.3 is 14.5 Å². The van der Waals surface area contributed by atoms with E-state index in [4.69, 9.17) is 9.47 Å². The van der Waals surface area contributed by atoms with Gasteiger partial charge in [0.15, 0.2) is 11.5 Å². The molecule has 0 aliphatic carbocycles. The maximum Gasteiger partial charge on any atom is 0.256 e. The summed E-state index contributed by atoms with van der Waals surface area (Å²) in [5.41, 5.74) is 1.60. The van der Waals surface area contributed by atoms with Crippen molar-refractivity contribution in [2.24, 2.45) is 0 Å². The number of fused-ring (bicyclic) bond motifs is 1. The van der Waals surface area contributed by atoms with Crippen LogP contribution in [0.15, 0.2) is 53.3 Å². The van der Waals surface area contributed by atoms with E-state index in [1.54, 1.807) is 20.3 Å². The van der Waals surface area contributed by atoms with Gasteiger partial charge in [-0.05, 0) is 29.1 Å². The summed E-state index contributed by atoms with van der Waals surface area (Å²) in [4.78, 5) is 15.2. The molecule has 4 heteroatoms. The van der Waals surface area contributed by atoms with Crippen molar-refractivity contribution in [1.82, 2.24) is 4.98 Å². The molecular weight excluding hydrogens is 266 g/mol. The maximum atomic E-state index is 12.3. The molecule has 1 N–H and O–H groups in total. The molecule has 106 valence electrons. The molecule has 0 aliphatic heterocycles. The predicted molar refractivity (Wildman–Crippen MR) is 83.1 cm³/mol. The lowest BCUT2D eigenvalue weighted by molar-refractivity contribution is 0.356. The van der Waals surface area contributed by atoms with E-state index >= 15 is 0 Å². The van der Waals surface area contributed by atoms with Crippen LogP contribution in [0.5, 0.6) is 11.5 Å². The van der Waals surface area contributed by atoms with E-state index < -0.39 is 0 Å². The minimum absolute atomic E-state index is 0.146. The largest absolute Gasteiger partial charge is 0.493 e. The molecule has 0 unspecified atom stereocenters. The first-order chi connectivity index (χ1) is 10.2. The van der Waals surface area contributed by atoms with Gasteiger partial charge >= 0.3 is 0 Å². The average Bonchev–Trinajstić information content (AvgIpc) is 2.54. The van der Waals surface area contributed by atoms with Crippen molar-refractivity contribution < 1.29 is 9.47 Å². The molecule has 21 heavy (non-hydrogen) atoms. The number of benzene rings is 2. The Balaban J connectivity index is 2.27. The van der Waals surface area contributed by atoms with Crippen molar-refractivity contribution >= 4 is 10.8 Å². The Hall–Kier alpha value is -2.75. The first-order valence-electron chi connectivity index (χ1n) is 6.57. The lowest BCUT2D eigenvalue weighted by atomic mass is 10.1. The van der Waals surface area contributed by atoms with Gasteiger partial charge in [0.1, 0.15) is 0 Å². The Kier molecular flexibility index (Phi) is 3.36. The van der Waals surface area contributed by atoms with Crippen LogP contribution >= 0.6 is 0 Å². The molecule has 0 bridgehead atoms. The van der Waals surface area contributed by atoms with Crippen LogP contribution in [0.3, 0.4) is 0 Å². The summed E-state index contributed by atoms with van der Waals surface area (Å²) in [5, 5.41) is 1.39. The molecule has 0 amide bonds. The van der Waals surface area contributed by atoms with Crippen molar-refractivity contribution in [3.8, 4) is 22.8 Å². The highest BCUT2D eigenvalue weighted by molar-refractivity contribution is 5.88. The second kappa shape index (κ2) is 5.32. The lowest BCUT2D eigenvalue weighted by Crippen LogP contribution is -2.07. The number of pyridine rings is 1. The van der Waals surface area contributed by atoms with Gasteiger partial charge in [-0.15, -0.1) is 0 Å². The van der Waals surface area contributed by atoms with Crippen molar-refractivity contribution in [3.05, 3.63) is 58.9 Å². The summed E-state index contributed by atoms with van der Waals surface area (Å²) in [7, 11) is 3.13. The van der Waals surface area contributed by atoms with Crippen molar-refractivity contribution in [2.75, 3.05) is 14.2 Å². The Morgan fingerprint density at radius 2 is 1.57 bits per heavy atom. The van der Waals surface area contributed by atoms with E-state index in [2.05, 4.69) is 4.98 Å². The SMILES string of the molecule is COc1cc2cc(-c3ccccc3)[nH]c(=O)c2cc1OC. The van der Waals surface area contributed by atoms with Crippen molar-refractivity contribution in [2.45, 2.75) is 0 Å². The second-order valence-electron chi connectivity index (χ2n) is 4.67. The number of methoxy groups -OCH3 is 2. The van der Waals surface area contributed by atoms with Crippen LogP contribution in [0.25, 0.3) is 22.0 Å². The highest BCUT2D eigenvalue weighted by Gasteiger charge is 2.10. The minimum Gasteiger partial charge on any atom is -0.493 e. The molecule has 3 rings (SSSR count). The zero-order valence-corrected chi connectivity index (χ0v) is 11.8. The fraction of sp³-hybridized carbons (Fsp3) is 0.118. The molecule has 4 nitrogen and oxygen atoms in total. The van der Waals surface area contributed by atoms with E-state index in [-0.39, 0.29) is 5.56 Å². The van der Waals surface area contributed by atoms with Crippen LogP contribution in [-0.2, 0) is 0 Å². The van der Waals surface area contributed by atoms with Gasteiger partial charge in [-0.2, -0.15) is 0 Å². The van der Waals surface area contributed by atoms with Gasteiger partial charge in [0.2, 0.25) is 0 Å². The molecule has 0 spiro atoms. The van der Waals surface area contributed by atoms with Crippen LogP contribution in [-0.4, -0.2) is 19.2 Å². The van der Waals surface area contributed by atoms with Gasteiger partial charge in [-0.25, -0.2) is 0 Å². The molecule has 0 fully saturated rings. The van der Waals surface area contributed by atoms with Crippen LogP contribution in [0, 0.1) is 0 Å². The van der Waals surface area contributed by atoms with Gasteiger partial charge in [0.25, 0.3) is 5.56 Å². The normalized spacial score (nSPS) is 10.6. The summed E-state index contributed by atoms with van der Waals surface area (Å²) >= 11 is 0. The number of hydrogen-bond donors (Lipinski definition) is 1. The van der Waals surface area contributed by atoms with Gasteiger partial charge in [0, 0.05) is 5.69 Å². The zero-order chi connectivity index (χ0) is 14.8. The van der Waals surface area contributed by atoms with Crippen LogP contribution in [0.2, 0.25) is 0 Å². The van der Waals surface area contributed by atoms with Crippen LogP contribution in [0.1, 0.15) is 0 Å². The maximum absolute atomic E-state index is 12.3. The second-order valence-corrected chi connectivity index (χ2v) is 4.67. The Labute approximate surface area is 122 Å². The molecule has 0 saturated carbocycles. The fourth-order valence-electron chi connectivity index (χ4n) is 2.37. The zero-order valence-electron chi connectivity index (χ0n) is 11.8. The smallest absolute Gasteiger partial charge is 0.256 e. The first kappa shape index (κ1) is 13.2. The van der Waals surface area contributed by atoms with E-state index in [9.17, 15) is 4.79 Å². The van der Waals surface area contributed by atoms with Crippen LogP contribution in [0.4, 0.5) is 0 Å². The average molecular weight is 281 g/mol. The summed E-state index contributed by atoms with van der Waals surface area (Å²) in [6.07, 6.45) is 0. The van der Waals surface area contributed by atoms with Crippen LogP contribution < -0.4 is 15.0 Å². The Morgan fingerprint density at radius 3 is 2.24 bits per heavy atom. The summed E-state index contributed by atoms with van der Waals surface area (Å²) in [6, 6.07) is 15.2. The quantitative estimate of drug-likeness (QED) is 0.802. The highest BCUT2D eigenvalue weighted by Crippen LogP contribution is 2.31. The third kappa shape index (κ3) is 2.36. The van der Waals surface area contributed by atoms with Gasteiger partial charge in [-0.3, -0.25) is 4.79 Å². The monoisotopic (exact) mass is 281 g/mol. The molecule has 0 atom stereocenters. The summed E-state index contributed by atoms with van der Waals surface area (Å²) in [5.74, 6) is 1.15. The first-order valence-corrected chi connectivity index (χ1v) is 6.57. The highest BCUT2D eigenvalue weighted by atomic mass is 16.5.